The minimum atomic E-state index is -0.865. The minimum absolute atomic E-state index is 0.118. The monoisotopic (exact) mass is 315 g/mol. The van der Waals surface area contributed by atoms with Crippen molar-refractivity contribution >= 4 is 18.3 Å². The van der Waals surface area contributed by atoms with E-state index in [2.05, 4.69) is 12.6 Å². The van der Waals surface area contributed by atoms with Crippen molar-refractivity contribution < 1.29 is 9.66 Å². The Labute approximate surface area is 125 Å². The maximum absolute atomic E-state index is 12.2. The first-order valence-electron chi connectivity index (χ1n) is 6.54. The van der Waals surface area contributed by atoms with Crippen LogP contribution in [0.15, 0.2) is 15.8 Å². The summed E-state index contributed by atoms with van der Waals surface area (Å²) < 4.78 is 7.30. The normalized spacial score (nSPS) is 17.6. The second-order valence-corrected chi connectivity index (χ2v) is 5.64. The summed E-state index contributed by atoms with van der Waals surface area (Å²) in [6, 6.07) is 0. The summed E-state index contributed by atoms with van der Waals surface area (Å²) in [6.07, 6.45) is 2.28. The highest BCUT2D eigenvalue weighted by molar-refractivity contribution is 7.80. The molecule has 1 saturated heterocycles. The van der Waals surface area contributed by atoms with Gasteiger partial charge in [-0.1, -0.05) is 0 Å². The van der Waals surface area contributed by atoms with Crippen LogP contribution < -0.4 is 11.2 Å². The van der Waals surface area contributed by atoms with Crippen molar-refractivity contribution in [1.29, 1.82) is 0 Å². The van der Waals surface area contributed by atoms with Crippen molar-refractivity contribution in [2.24, 2.45) is 12.5 Å². The number of hydrogen-bond acceptors (Lipinski definition) is 6. The Bertz CT molecular complexity index is 660. The highest BCUT2D eigenvalue weighted by Crippen LogP contribution is 2.32. The average molecular weight is 315 g/mol. The molecule has 0 unspecified atom stereocenters. The van der Waals surface area contributed by atoms with Gasteiger partial charge in [0.15, 0.2) is 0 Å². The van der Waals surface area contributed by atoms with Crippen LogP contribution in [-0.4, -0.2) is 33.0 Å². The summed E-state index contributed by atoms with van der Waals surface area (Å²) in [5.41, 5.74) is -2.38. The predicted molar refractivity (Wildman–Crippen MR) is 78.9 cm³/mol. The van der Waals surface area contributed by atoms with E-state index in [1.54, 1.807) is 0 Å². The van der Waals surface area contributed by atoms with Crippen molar-refractivity contribution in [2.75, 3.05) is 19.0 Å². The molecule has 2 heterocycles. The van der Waals surface area contributed by atoms with Crippen LogP contribution in [-0.2, 0) is 18.3 Å². The van der Waals surface area contributed by atoms with Crippen LogP contribution in [0, 0.1) is 15.5 Å². The molecule has 0 bridgehead atoms. The van der Waals surface area contributed by atoms with Gasteiger partial charge in [-0.3, -0.25) is 24.0 Å². The van der Waals surface area contributed by atoms with Crippen LogP contribution in [0.25, 0.3) is 0 Å². The molecule has 1 aromatic rings. The molecule has 0 N–H and O–H groups in total. The molecule has 1 aliphatic heterocycles. The number of nitrogens with zero attached hydrogens (tertiary/aromatic N) is 3. The van der Waals surface area contributed by atoms with Gasteiger partial charge in [0, 0.05) is 32.2 Å². The van der Waals surface area contributed by atoms with Gasteiger partial charge in [-0.25, -0.2) is 4.79 Å². The Balaban J connectivity index is 2.50. The molecule has 0 saturated carbocycles. The molecular formula is C12H17N3O5S. The van der Waals surface area contributed by atoms with Gasteiger partial charge >= 0.3 is 16.9 Å². The molecule has 0 aromatic carbocycles. The maximum Gasteiger partial charge on any atom is 0.350 e. The van der Waals surface area contributed by atoms with Crippen LogP contribution in [0.1, 0.15) is 12.8 Å². The van der Waals surface area contributed by atoms with Crippen molar-refractivity contribution in [3.63, 3.8) is 0 Å². The van der Waals surface area contributed by atoms with Crippen LogP contribution in [0.4, 0.5) is 5.69 Å². The lowest BCUT2D eigenvalue weighted by Gasteiger charge is -2.35. The summed E-state index contributed by atoms with van der Waals surface area (Å²) in [6.45, 7) is 1.18. The Morgan fingerprint density at radius 1 is 1.43 bits per heavy atom. The van der Waals surface area contributed by atoms with Crippen molar-refractivity contribution in [1.82, 2.24) is 9.13 Å². The highest BCUT2D eigenvalue weighted by atomic mass is 32.1. The Morgan fingerprint density at radius 2 is 2.05 bits per heavy atom. The third kappa shape index (κ3) is 3.03. The first kappa shape index (κ1) is 15.8. The fourth-order valence-corrected chi connectivity index (χ4v) is 2.90. The Morgan fingerprint density at radius 3 is 2.57 bits per heavy atom. The second kappa shape index (κ2) is 6.02. The standard InChI is InChI=1S/C12H17N3O5S/c1-13-6-9(15(18)19)10(16)14(11(13)17)7-12(8-21)2-4-20-5-3-12/h6,21H,2-5,7-8H2,1H3. The molecular weight excluding hydrogens is 298 g/mol. The number of thiol groups is 1. The number of aryl methyl sites for hydroxylation is 1. The van der Waals surface area contributed by atoms with E-state index in [-0.39, 0.29) is 12.0 Å². The summed E-state index contributed by atoms with van der Waals surface area (Å²) in [4.78, 5) is 34.5. The maximum atomic E-state index is 12.2. The van der Waals surface area contributed by atoms with Crippen molar-refractivity contribution in [3.05, 3.63) is 37.1 Å². The molecule has 9 heteroatoms. The van der Waals surface area contributed by atoms with E-state index in [0.29, 0.717) is 31.8 Å². The predicted octanol–water partition coefficient (Wildman–Crippen LogP) is 0.182. The van der Waals surface area contributed by atoms with Gasteiger partial charge < -0.3 is 4.74 Å². The lowest BCUT2D eigenvalue weighted by molar-refractivity contribution is -0.387. The van der Waals surface area contributed by atoms with Crippen LogP contribution >= 0.6 is 12.6 Å². The summed E-state index contributed by atoms with van der Waals surface area (Å²) in [5, 5.41) is 10.9. The van der Waals surface area contributed by atoms with Crippen LogP contribution in [0.2, 0.25) is 0 Å². The topological polar surface area (TPSA) is 96.4 Å². The molecule has 21 heavy (non-hydrogen) atoms. The van der Waals surface area contributed by atoms with Gasteiger partial charge in [0.25, 0.3) is 0 Å². The van der Waals surface area contributed by atoms with E-state index >= 15 is 0 Å². The fourth-order valence-electron chi connectivity index (χ4n) is 2.48. The van der Waals surface area contributed by atoms with E-state index in [9.17, 15) is 19.7 Å². The highest BCUT2D eigenvalue weighted by Gasteiger charge is 2.34. The molecule has 116 valence electrons. The van der Waals surface area contributed by atoms with Crippen molar-refractivity contribution in [2.45, 2.75) is 19.4 Å². The number of hydrogen-bond donors (Lipinski definition) is 1. The third-order valence-electron chi connectivity index (χ3n) is 3.89. The largest absolute Gasteiger partial charge is 0.381 e. The van der Waals surface area contributed by atoms with Gasteiger partial charge in [-0.2, -0.15) is 12.6 Å². The molecule has 0 aliphatic carbocycles. The molecule has 0 spiro atoms. The zero-order valence-electron chi connectivity index (χ0n) is 11.7. The molecule has 8 nitrogen and oxygen atoms in total. The van der Waals surface area contributed by atoms with Gasteiger partial charge in [-0.05, 0) is 18.6 Å². The van der Waals surface area contributed by atoms with E-state index in [1.807, 2.05) is 0 Å². The van der Waals surface area contributed by atoms with E-state index in [0.717, 1.165) is 15.3 Å². The average Bonchev–Trinajstić information content (AvgIpc) is 2.48. The third-order valence-corrected chi connectivity index (χ3v) is 4.56. The number of rotatable bonds is 4. The Hall–Kier alpha value is -1.61. The molecule has 1 aromatic heterocycles. The molecule has 0 amide bonds. The molecule has 1 aliphatic rings. The quantitative estimate of drug-likeness (QED) is 0.486. The number of aromatic nitrogens is 2. The fraction of sp³-hybridized carbons (Fsp3) is 0.667. The first-order chi connectivity index (χ1) is 9.90. The van der Waals surface area contributed by atoms with Gasteiger partial charge in [0.2, 0.25) is 0 Å². The SMILES string of the molecule is Cn1cc([N+](=O)[O-])c(=O)n(CC2(CS)CCOCC2)c1=O. The number of nitro groups is 1. The lowest BCUT2D eigenvalue weighted by Crippen LogP contribution is -2.46. The summed E-state index contributed by atoms with van der Waals surface area (Å²) in [5.74, 6) is 0.481. The van der Waals surface area contributed by atoms with Gasteiger partial charge in [0.05, 0.1) is 11.1 Å². The second-order valence-electron chi connectivity index (χ2n) is 5.33. The molecule has 2 rings (SSSR count). The smallest absolute Gasteiger partial charge is 0.350 e. The van der Waals surface area contributed by atoms with E-state index < -0.39 is 21.9 Å². The van der Waals surface area contributed by atoms with Crippen molar-refractivity contribution in [3.8, 4) is 0 Å². The summed E-state index contributed by atoms with van der Waals surface area (Å²) in [7, 11) is 1.39. The molecule has 1 fully saturated rings. The first-order valence-corrected chi connectivity index (χ1v) is 7.17. The van der Waals surface area contributed by atoms with Crippen LogP contribution in [0.5, 0.6) is 0 Å². The number of ether oxygens (including phenoxy) is 1. The minimum Gasteiger partial charge on any atom is -0.381 e. The molecule has 0 atom stereocenters. The molecule has 0 radical (unpaired) electrons. The Kier molecular flexibility index (Phi) is 4.52. The van der Waals surface area contributed by atoms with Gasteiger partial charge in [0.1, 0.15) is 0 Å². The van der Waals surface area contributed by atoms with E-state index in [1.165, 1.54) is 7.05 Å². The van der Waals surface area contributed by atoms with Gasteiger partial charge in [-0.15, -0.1) is 0 Å². The van der Waals surface area contributed by atoms with Crippen LogP contribution in [0.3, 0.4) is 0 Å². The van der Waals surface area contributed by atoms with E-state index in [4.69, 9.17) is 4.74 Å². The zero-order chi connectivity index (χ0) is 15.6. The lowest BCUT2D eigenvalue weighted by atomic mass is 9.82. The zero-order valence-corrected chi connectivity index (χ0v) is 12.5. The summed E-state index contributed by atoms with van der Waals surface area (Å²) >= 11 is 4.33.